The van der Waals surface area contributed by atoms with Gasteiger partial charge in [0.25, 0.3) is 0 Å². The van der Waals surface area contributed by atoms with E-state index in [1.165, 1.54) is 21.5 Å². The van der Waals surface area contributed by atoms with Crippen LogP contribution in [0, 0.1) is 0 Å². The van der Waals surface area contributed by atoms with Gasteiger partial charge in [-0.05, 0) is 66.6 Å². The third-order valence-corrected chi connectivity index (χ3v) is 4.60. The van der Waals surface area contributed by atoms with Gasteiger partial charge in [-0.3, -0.25) is 0 Å². The molecule has 0 saturated carbocycles. The van der Waals surface area contributed by atoms with E-state index < -0.39 is 11.6 Å². The summed E-state index contributed by atoms with van der Waals surface area (Å²) in [5.74, 6) is -0.181. The molecule has 1 heterocycles. The Kier molecular flexibility index (Phi) is 5.23. The normalized spacial score (nSPS) is 11.3. The fourth-order valence-corrected chi connectivity index (χ4v) is 3.26. The Balaban J connectivity index is 0.000000146. The number of aromatic nitrogens is 2. The van der Waals surface area contributed by atoms with Crippen LogP contribution in [0.3, 0.4) is 0 Å². The molecule has 0 spiro atoms. The summed E-state index contributed by atoms with van der Waals surface area (Å²) < 4.78 is 5.22. The Morgan fingerprint density at radius 2 is 1.23 bits per heavy atom. The number of nitrogens with zero attached hydrogens (tertiary/aromatic N) is 1. The highest BCUT2D eigenvalue weighted by atomic mass is 16.6. The highest BCUT2D eigenvalue weighted by Gasteiger charge is 2.20. The first-order chi connectivity index (χ1) is 14.4. The molecule has 0 unspecified atom stereocenters. The van der Waals surface area contributed by atoms with Crippen molar-refractivity contribution < 1.29 is 9.53 Å². The highest BCUT2D eigenvalue weighted by Crippen LogP contribution is 2.22. The Morgan fingerprint density at radius 1 is 0.767 bits per heavy atom. The smallest absolute Gasteiger partial charge is 0.374 e. The van der Waals surface area contributed by atoms with E-state index >= 15 is 0 Å². The molecular weight excluding hydrogens is 372 g/mol. The molecule has 1 N–H and O–H groups in total. The molecule has 0 fully saturated rings. The second-order valence-corrected chi connectivity index (χ2v) is 8.15. The van der Waals surface area contributed by atoms with Gasteiger partial charge in [0.2, 0.25) is 5.82 Å². The molecule has 0 radical (unpaired) electrons. The molecule has 30 heavy (non-hydrogen) atoms. The monoisotopic (exact) mass is 396 g/mol. The first-order valence-electron chi connectivity index (χ1n) is 9.95. The number of ether oxygens (including phenoxy) is 1. The van der Waals surface area contributed by atoms with Gasteiger partial charge in [0, 0.05) is 0 Å². The Morgan fingerprint density at radius 3 is 1.70 bits per heavy atom. The average molecular weight is 396 g/mol. The molecule has 5 rings (SSSR count). The van der Waals surface area contributed by atoms with Crippen LogP contribution >= 0.6 is 0 Å². The molecule has 4 aromatic carbocycles. The van der Waals surface area contributed by atoms with E-state index in [1.54, 1.807) is 0 Å². The van der Waals surface area contributed by atoms with Gasteiger partial charge in [0.1, 0.15) is 5.60 Å². The Bertz CT molecular complexity index is 1190. The fourth-order valence-electron chi connectivity index (χ4n) is 3.26. The number of aromatic amines is 1. The molecule has 4 heteroatoms. The number of imidazole rings is 1. The van der Waals surface area contributed by atoms with E-state index in [4.69, 9.17) is 4.74 Å². The predicted octanol–water partition coefficient (Wildman–Crippen LogP) is 6.51. The molecule has 5 aromatic rings. The molecule has 0 saturated heterocycles. The van der Waals surface area contributed by atoms with Crippen LogP contribution in [0.5, 0.6) is 0 Å². The van der Waals surface area contributed by atoms with E-state index in [0.717, 1.165) is 11.0 Å². The number of carbonyl (C=O) groups is 1. The van der Waals surface area contributed by atoms with Crippen molar-refractivity contribution in [3.05, 3.63) is 90.8 Å². The van der Waals surface area contributed by atoms with Crippen LogP contribution in [0.15, 0.2) is 84.9 Å². The molecule has 0 bridgehead atoms. The van der Waals surface area contributed by atoms with Crippen LogP contribution < -0.4 is 0 Å². The zero-order valence-electron chi connectivity index (χ0n) is 17.3. The van der Waals surface area contributed by atoms with Crippen LogP contribution in [-0.2, 0) is 4.74 Å². The number of para-hydroxylation sites is 2. The second-order valence-electron chi connectivity index (χ2n) is 8.15. The summed E-state index contributed by atoms with van der Waals surface area (Å²) in [6.45, 7) is 5.48. The van der Waals surface area contributed by atoms with Crippen LogP contribution in [0.1, 0.15) is 31.4 Å². The lowest BCUT2D eigenvalue weighted by atomic mass is 10.0. The molecule has 4 nitrogen and oxygen atoms in total. The summed E-state index contributed by atoms with van der Waals surface area (Å²) >= 11 is 0. The standard InChI is InChI=1S/C14H10.C12H14N2O2/c1-2-6-12-10-14-8-4-3-7-13(14)9-11(12)5-1;1-12(2,3)16-11(15)10-13-8-6-4-5-7-9(8)14-10/h1-10H;4-7H,1-3H3,(H,13,14). The van der Waals surface area contributed by atoms with Crippen molar-refractivity contribution >= 4 is 38.5 Å². The number of rotatable bonds is 1. The summed E-state index contributed by atoms with van der Waals surface area (Å²) in [4.78, 5) is 18.8. The number of nitrogens with one attached hydrogen (secondary N) is 1. The first-order valence-corrected chi connectivity index (χ1v) is 9.95. The van der Waals surface area contributed by atoms with Crippen molar-refractivity contribution in [2.45, 2.75) is 26.4 Å². The van der Waals surface area contributed by atoms with E-state index in [9.17, 15) is 4.79 Å². The number of hydrogen-bond donors (Lipinski definition) is 1. The molecule has 0 aliphatic heterocycles. The molecule has 0 atom stereocenters. The summed E-state index contributed by atoms with van der Waals surface area (Å²) in [5.41, 5.74) is 1.10. The van der Waals surface area contributed by atoms with Crippen LogP contribution in [0.2, 0.25) is 0 Å². The average Bonchev–Trinajstić information content (AvgIpc) is 3.16. The van der Waals surface area contributed by atoms with Gasteiger partial charge in [0.15, 0.2) is 0 Å². The van der Waals surface area contributed by atoms with Crippen molar-refractivity contribution in [3.63, 3.8) is 0 Å². The third-order valence-electron chi connectivity index (χ3n) is 4.60. The molecule has 1 aromatic heterocycles. The summed E-state index contributed by atoms with van der Waals surface area (Å²) in [6.07, 6.45) is 0. The largest absolute Gasteiger partial charge is 0.454 e. The van der Waals surface area contributed by atoms with Gasteiger partial charge >= 0.3 is 5.97 Å². The maximum atomic E-state index is 11.7. The first kappa shape index (κ1) is 19.6. The molecule has 0 amide bonds. The van der Waals surface area contributed by atoms with E-state index in [0.29, 0.717) is 0 Å². The topological polar surface area (TPSA) is 55.0 Å². The summed E-state index contributed by atoms with van der Waals surface area (Å²) in [7, 11) is 0. The van der Waals surface area contributed by atoms with Crippen molar-refractivity contribution in [1.82, 2.24) is 9.97 Å². The van der Waals surface area contributed by atoms with Crippen LogP contribution in [-0.4, -0.2) is 21.5 Å². The minimum absolute atomic E-state index is 0.246. The van der Waals surface area contributed by atoms with Crippen LogP contribution in [0.4, 0.5) is 0 Å². The predicted molar refractivity (Wildman–Crippen MR) is 123 cm³/mol. The van der Waals surface area contributed by atoms with Crippen molar-refractivity contribution in [2.75, 3.05) is 0 Å². The lowest BCUT2D eigenvalue weighted by Crippen LogP contribution is -2.24. The van der Waals surface area contributed by atoms with E-state index in [-0.39, 0.29) is 5.82 Å². The zero-order chi connectivity index (χ0) is 21.1. The van der Waals surface area contributed by atoms with Crippen LogP contribution in [0.25, 0.3) is 32.6 Å². The van der Waals surface area contributed by atoms with Crippen molar-refractivity contribution in [3.8, 4) is 0 Å². The molecule has 0 aliphatic carbocycles. The maximum Gasteiger partial charge on any atom is 0.374 e. The quantitative estimate of drug-likeness (QED) is 0.259. The van der Waals surface area contributed by atoms with Crippen molar-refractivity contribution in [1.29, 1.82) is 0 Å². The fraction of sp³-hybridized carbons (Fsp3) is 0.154. The third kappa shape index (κ3) is 4.49. The number of esters is 1. The second kappa shape index (κ2) is 7.99. The van der Waals surface area contributed by atoms with E-state index in [2.05, 4.69) is 70.6 Å². The van der Waals surface area contributed by atoms with Crippen molar-refractivity contribution in [2.24, 2.45) is 0 Å². The lowest BCUT2D eigenvalue weighted by Gasteiger charge is -2.18. The van der Waals surface area contributed by atoms with Gasteiger partial charge in [-0.25, -0.2) is 9.78 Å². The maximum absolute atomic E-state index is 11.7. The van der Waals surface area contributed by atoms with Gasteiger partial charge in [-0.1, -0.05) is 60.7 Å². The molecule has 0 aliphatic rings. The minimum atomic E-state index is -0.504. The number of hydrogen-bond acceptors (Lipinski definition) is 3. The Hall–Kier alpha value is -3.66. The SMILES string of the molecule is CC(C)(C)OC(=O)c1nc2ccccc2[nH]1.c1ccc2cc3ccccc3cc2c1. The Labute approximate surface area is 175 Å². The summed E-state index contributed by atoms with van der Waals surface area (Å²) in [6, 6.07) is 28.9. The van der Waals surface area contributed by atoms with Gasteiger partial charge in [0.05, 0.1) is 11.0 Å². The molecule has 150 valence electrons. The summed E-state index contributed by atoms with van der Waals surface area (Å²) in [5, 5.41) is 5.25. The number of carbonyl (C=O) groups excluding carboxylic acids is 1. The zero-order valence-corrected chi connectivity index (χ0v) is 17.3. The van der Waals surface area contributed by atoms with Gasteiger partial charge in [-0.15, -0.1) is 0 Å². The van der Waals surface area contributed by atoms with Gasteiger partial charge in [-0.2, -0.15) is 0 Å². The number of H-pyrrole nitrogens is 1. The minimum Gasteiger partial charge on any atom is -0.454 e. The lowest BCUT2D eigenvalue weighted by molar-refractivity contribution is 0.00572. The molecular formula is C26H24N2O2. The number of benzene rings is 4. The van der Waals surface area contributed by atoms with Gasteiger partial charge < -0.3 is 9.72 Å². The highest BCUT2D eigenvalue weighted by molar-refractivity contribution is 5.98. The number of fused-ring (bicyclic) bond motifs is 3. The van der Waals surface area contributed by atoms with E-state index in [1.807, 2.05) is 45.0 Å².